The molecule has 0 aliphatic heterocycles. The van der Waals surface area contributed by atoms with Gasteiger partial charge in [-0.2, -0.15) is 0 Å². The minimum absolute atomic E-state index is 0.0352. The van der Waals surface area contributed by atoms with Crippen molar-refractivity contribution in [1.29, 1.82) is 0 Å². The molecule has 0 radical (unpaired) electrons. The lowest BCUT2D eigenvalue weighted by atomic mass is 9.93. The fraction of sp³-hybridized carbons (Fsp3) is 0.500. The third-order valence-electron chi connectivity index (χ3n) is 3.56. The molecule has 108 valence electrons. The first-order chi connectivity index (χ1) is 9.49. The highest BCUT2D eigenvalue weighted by molar-refractivity contribution is 5.90. The Hall–Kier alpha value is -2.11. The van der Waals surface area contributed by atoms with E-state index < -0.39 is 11.5 Å². The number of rotatable bonds is 4. The molecule has 1 aromatic rings. The van der Waals surface area contributed by atoms with Gasteiger partial charge in [0.15, 0.2) is 0 Å². The molecule has 2 amide bonds. The molecule has 1 aliphatic carbocycles. The number of hydrogen-bond donors (Lipinski definition) is 3. The van der Waals surface area contributed by atoms with Crippen LogP contribution in [0.5, 0.6) is 0 Å². The van der Waals surface area contributed by atoms with E-state index >= 15 is 0 Å². The molecule has 2 rings (SSSR count). The number of aryl methyl sites for hydroxylation is 1. The lowest BCUT2D eigenvalue weighted by Gasteiger charge is -2.28. The normalized spacial score (nSPS) is 16.6. The zero-order chi connectivity index (χ0) is 14.6. The Morgan fingerprint density at radius 3 is 2.65 bits per heavy atom. The molecule has 0 unspecified atom stereocenters. The van der Waals surface area contributed by atoms with Crippen LogP contribution in [0.15, 0.2) is 18.5 Å². The summed E-state index contributed by atoms with van der Waals surface area (Å²) in [6.07, 6.45) is 6.53. The van der Waals surface area contributed by atoms with Gasteiger partial charge in [-0.3, -0.25) is 9.78 Å². The van der Waals surface area contributed by atoms with Gasteiger partial charge in [0.2, 0.25) is 0 Å². The molecule has 1 saturated carbocycles. The summed E-state index contributed by atoms with van der Waals surface area (Å²) in [5.41, 5.74) is 0.933. The standard InChI is InChI=1S/C14H19N3O3/c1-10-6-11(9-15-8-10)16-13(20)17-14(7-12(18)19)4-2-3-5-14/h6,8-9H,2-5,7H2,1H3,(H,18,19)(H2,16,17,20). The molecule has 0 aromatic carbocycles. The zero-order valence-corrected chi connectivity index (χ0v) is 11.5. The maximum atomic E-state index is 12.0. The lowest BCUT2D eigenvalue weighted by molar-refractivity contribution is -0.138. The number of carbonyl (C=O) groups is 2. The highest BCUT2D eigenvalue weighted by atomic mass is 16.4. The van der Waals surface area contributed by atoms with E-state index in [9.17, 15) is 9.59 Å². The second-order valence-electron chi connectivity index (χ2n) is 5.39. The van der Waals surface area contributed by atoms with E-state index in [0.717, 1.165) is 18.4 Å². The average Bonchev–Trinajstić information content (AvgIpc) is 2.75. The zero-order valence-electron chi connectivity index (χ0n) is 11.5. The molecule has 6 heteroatoms. The lowest BCUT2D eigenvalue weighted by Crippen LogP contribution is -2.49. The Morgan fingerprint density at radius 1 is 1.35 bits per heavy atom. The second-order valence-corrected chi connectivity index (χ2v) is 5.39. The molecule has 1 aliphatic rings. The van der Waals surface area contributed by atoms with Crippen molar-refractivity contribution >= 4 is 17.7 Å². The summed E-state index contributed by atoms with van der Waals surface area (Å²) in [7, 11) is 0. The Labute approximate surface area is 117 Å². The quantitative estimate of drug-likeness (QED) is 0.787. The van der Waals surface area contributed by atoms with E-state index in [-0.39, 0.29) is 12.5 Å². The number of urea groups is 1. The molecule has 1 aromatic heterocycles. The van der Waals surface area contributed by atoms with Crippen molar-refractivity contribution in [2.45, 2.75) is 44.6 Å². The third-order valence-corrected chi connectivity index (χ3v) is 3.56. The number of aromatic nitrogens is 1. The number of aliphatic carboxylic acids is 1. The summed E-state index contributed by atoms with van der Waals surface area (Å²) in [4.78, 5) is 27.0. The topological polar surface area (TPSA) is 91.3 Å². The van der Waals surface area contributed by atoms with Gasteiger partial charge in [-0.25, -0.2) is 4.79 Å². The summed E-state index contributed by atoms with van der Waals surface area (Å²) in [6.45, 7) is 1.89. The summed E-state index contributed by atoms with van der Waals surface area (Å²) in [5, 5.41) is 14.5. The molecule has 1 heterocycles. The summed E-state index contributed by atoms with van der Waals surface area (Å²) in [5.74, 6) is -0.885. The van der Waals surface area contributed by atoms with Crippen LogP contribution in [0.4, 0.5) is 10.5 Å². The highest BCUT2D eigenvalue weighted by Crippen LogP contribution is 2.32. The van der Waals surface area contributed by atoms with Crippen LogP contribution < -0.4 is 10.6 Å². The van der Waals surface area contributed by atoms with Crippen LogP contribution in [-0.4, -0.2) is 27.6 Å². The Balaban J connectivity index is 2.00. The largest absolute Gasteiger partial charge is 0.481 e. The number of nitrogens with zero attached hydrogens (tertiary/aromatic N) is 1. The highest BCUT2D eigenvalue weighted by Gasteiger charge is 2.37. The first-order valence-electron chi connectivity index (χ1n) is 6.72. The van der Waals surface area contributed by atoms with Crippen molar-refractivity contribution in [2.75, 3.05) is 5.32 Å². The third kappa shape index (κ3) is 3.69. The van der Waals surface area contributed by atoms with Crippen LogP contribution >= 0.6 is 0 Å². The van der Waals surface area contributed by atoms with Gasteiger partial charge in [-0.1, -0.05) is 12.8 Å². The van der Waals surface area contributed by atoms with E-state index in [1.165, 1.54) is 0 Å². The molecular formula is C14H19N3O3. The van der Waals surface area contributed by atoms with Gasteiger partial charge in [0, 0.05) is 6.20 Å². The van der Waals surface area contributed by atoms with Gasteiger partial charge < -0.3 is 15.7 Å². The summed E-state index contributed by atoms with van der Waals surface area (Å²) < 4.78 is 0. The number of carbonyl (C=O) groups excluding carboxylic acids is 1. The summed E-state index contributed by atoms with van der Waals surface area (Å²) in [6, 6.07) is 1.44. The van der Waals surface area contributed by atoms with Crippen LogP contribution in [0.1, 0.15) is 37.7 Å². The predicted molar refractivity (Wildman–Crippen MR) is 74.6 cm³/mol. The molecule has 0 spiro atoms. The Kier molecular flexibility index (Phi) is 4.22. The van der Waals surface area contributed by atoms with Crippen molar-refractivity contribution in [1.82, 2.24) is 10.3 Å². The minimum atomic E-state index is -0.885. The SMILES string of the molecule is Cc1cncc(NC(=O)NC2(CC(=O)O)CCCC2)c1. The van der Waals surface area contributed by atoms with E-state index in [2.05, 4.69) is 15.6 Å². The van der Waals surface area contributed by atoms with E-state index in [0.29, 0.717) is 18.5 Å². The van der Waals surface area contributed by atoms with E-state index in [1.807, 2.05) is 13.0 Å². The molecular weight excluding hydrogens is 258 g/mol. The molecule has 1 fully saturated rings. The van der Waals surface area contributed by atoms with Crippen molar-refractivity contribution in [3.05, 3.63) is 24.0 Å². The van der Waals surface area contributed by atoms with Gasteiger partial charge in [-0.15, -0.1) is 0 Å². The fourth-order valence-corrected chi connectivity index (χ4v) is 2.71. The number of carboxylic acids is 1. The van der Waals surface area contributed by atoms with Crippen molar-refractivity contribution in [3.63, 3.8) is 0 Å². The van der Waals surface area contributed by atoms with Gasteiger partial charge in [-0.05, 0) is 31.4 Å². The predicted octanol–water partition coefficient (Wildman–Crippen LogP) is 2.30. The smallest absolute Gasteiger partial charge is 0.319 e. The number of hydrogen-bond acceptors (Lipinski definition) is 3. The Morgan fingerprint density at radius 2 is 2.05 bits per heavy atom. The van der Waals surface area contributed by atoms with Crippen LogP contribution in [-0.2, 0) is 4.79 Å². The van der Waals surface area contributed by atoms with Crippen molar-refractivity contribution in [3.8, 4) is 0 Å². The van der Waals surface area contributed by atoms with Crippen molar-refractivity contribution in [2.24, 2.45) is 0 Å². The molecule has 6 nitrogen and oxygen atoms in total. The molecule has 3 N–H and O–H groups in total. The van der Waals surface area contributed by atoms with Crippen LogP contribution in [0.3, 0.4) is 0 Å². The second kappa shape index (κ2) is 5.90. The molecule has 20 heavy (non-hydrogen) atoms. The first-order valence-corrected chi connectivity index (χ1v) is 6.72. The van der Waals surface area contributed by atoms with Crippen LogP contribution in [0, 0.1) is 6.92 Å². The minimum Gasteiger partial charge on any atom is -0.481 e. The molecule has 0 saturated heterocycles. The van der Waals surface area contributed by atoms with Gasteiger partial charge in [0.25, 0.3) is 0 Å². The maximum absolute atomic E-state index is 12.0. The van der Waals surface area contributed by atoms with Crippen molar-refractivity contribution < 1.29 is 14.7 Å². The average molecular weight is 277 g/mol. The number of anilines is 1. The monoisotopic (exact) mass is 277 g/mol. The van der Waals surface area contributed by atoms with Crippen LogP contribution in [0.2, 0.25) is 0 Å². The first kappa shape index (κ1) is 14.3. The van der Waals surface area contributed by atoms with Gasteiger partial charge in [0.05, 0.1) is 23.8 Å². The number of carboxylic acid groups (broad SMARTS) is 1. The van der Waals surface area contributed by atoms with Gasteiger partial charge in [0.1, 0.15) is 0 Å². The molecule has 0 atom stereocenters. The number of pyridine rings is 1. The number of amides is 2. The fourth-order valence-electron chi connectivity index (χ4n) is 2.71. The molecule has 0 bridgehead atoms. The Bertz CT molecular complexity index is 510. The maximum Gasteiger partial charge on any atom is 0.319 e. The van der Waals surface area contributed by atoms with Gasteiger partial charge >= 0.3 is 12.0 Å². The van der Waals surface area contributed by atoms with Crippen LogP contribution in [0.25, 0.3) is 0 Å². The summed E-state index contributed by atoms with van der Waals surface area (Å²) >= 11 is 0. The number of nitrogens with one attached hydrogen (secondary N) is 2. The van der Waals surface area contributed by atoms with E-state index in [1.54, 1.807) is 12.4 Å². The van der Waals surface area contributed by atoms with E-state index in [4.69, 9.17) is 5.11 Å².